The molecule has 1 heterocycles. The van der Waals surface area contributed by atoms with Crippen molar-refractivity contribution < 1.29 is 14.7 Å². The number of carbonyl (C=O) groups excluding carboxylic acids is 2. The first kappa shape index (κ1) is 11.9. The smallest absolute Gasteiger partial charge is 0.256 e. The van der Waals surface area contributed by atoms with Crippen LogP contribution in [0.25, 0.3) is 0 Å². The van der Waals surface area contributed by atoms with E-state index in [0.29, 0.717) is 12.0 Å². The van der Waals surface area contributed by atoms with Crippen LogP contribution in [-0.4, -0.2) is 34.0 Å². The normalized spacial score (nSPS) is 20.5. The van der Waals surface area contributed by atoms with Crippen LogP contribution in [0.4, 0.5) is 0 Å². The Morgan fingerprint density at radius 3 is 2.47 bits per heavy atom. The minimum Gasteiger partial charge on any atom is -0.388 e. The first-order chi connectivity index (χ1) is 6.87. The molecule has 1 rings (SSSR count). The molecule has 0 spiro atoms. The maximum Gasteiger partial charge on any atom is 0.256 e. The lowest BCUT2D eigenvalue weighted by molar-refractivity contribution is -0.141. The Labute approximate surface area is 89.6 Å². The highest BCUT2D eigenvalue weighted by Crippen LogP contribution is 2.19. The molecule has 0 radical (unpaired) electrons. The Morgan fingerprint density at radius 1 is 1.47 bits per heavy atom. The van der Waals surface area contributed by atoms with Crippen LogP contribution in [0.5, 0.6) is 0 Å². The van der Waals surface area contributed by atoms with Crippen LogP contribution < -0.4 is 0 Å². The van der Waals surface area contributed by atoms with Gasteiger partial charge < -0.3 is 5.11 Å². The van der Waals surface area contributed by atoms with E-state index in [4.69, 9.17) is 0 Å². The SMILES string of the molecule is CCCC(C)(O)CN1C(=O)C=C(C)C1=O. The minimum absolute atomic E-state index is 0.0757. The van der Waals surface area contributed by atoms with Crippen molar-refractivity contribution in [3.8, 4) is 0 Å². The molecule has 1 N–H and O–H groups in total. The number of aliphatic hydroxyl groups is 1. The second kappa shape index (κ2) is 4.14. The highest BCUT2D eigenvalue weighted by atomic mass is 16.3. The van der Waals surface area contributed by atoms with Gasteiger partial charge in [-0.2, -0.15) is 0 Å². The molecular weight excluding hydrogens is 194 g/mol. The highest BCUT2D eigenvalue weighted by Gasteiger charge is 2.33. The van der Waals surface area contributed by atoms with Crippen molar-refractivity contribution in [3.63, 3.8) is 0 Å². The molecule has 0 aromatic heterocycles. The summed E-state index contributed by atoms with van der Waals surface area (Å²) >= 11 is 0. The van der Waals surface area contributed by atoms with Crippen LogP contribution in [0, 0.1) is 0 Å². The van der Waals surface area contributed by atoms with Gasteiger partial charge in [0, 0.05) is 11.6 Å². The van der Waals surface area contributed by atoms with E-state index < -0.39 is 5.60 Å². The molecule has 2 amide bonds. The zero-order valence-corrected chi connectivity index (χ0v) is 9.41. The average molecular weight is 211 g/mol. The molecule has 4 nitrogen and oxygen atoms in total. The summed E-state index contributed by atoms with van der Waals surface area (Å²) in [7, 11) is 0. The first-order valence-corrected chi connectivity index (χ1v) is 5.14. The Hall–Kier alpha value is -1.16. The lowest BCUT2D eigenvalue weighted by Crippen LogP contribution is -2.44. The zero-order valence-electron chi connectivity index (χ0n) is 9.41. The maximum atomic E-state index is 11.5. The lowest BCUT2D eigenvalue weighted by atomic mass is 10.00. The Kier molecular flexibility index (Phi) is 3.29. The summed E-state index contributed by atoms with van der Waals surface area (Å²) in [5, 5.41) is 9.93. The molecule has 0 aromatic rings. The van der Waals surface area contributed by atoms with Crippen molar-refractivity contribution in [2.24, 2.45) is 0 Å². The molecule has 0 bridgehead atoms. The summed E-state index contributed by atoms with van der Waals surface area (Å²) in [6.07, 6.45) is 2.70. The third-order valence-electron chi connectivity index (χ3n) is 2.48. The van der Waals surface area contributed by atoms with E-state index in [1.54, 1.807) is 13.8 Å². The molecule has 4 heteroatoms. The van der Waals surface area contributed by atoms with Crippen LogP contribution in [-0.2, 0) is 9.59 Å². The van der Waals surface area contributed by atoms with Gasteiger partial charge in [0.15, 0.2) is 0 Å². The molecular formula is C11H17NO3. The van der Waals surface area contributed by atoms with Gasteiger partial charge in [0.05, 0.1) is 12.1 Å². The van der Waals surface area contributed by atoms with E-state index in [1.807, 2.05) is 6.92 Å². The third-order valence-corrected chi connectivity index (χ3v) is 2.48. The molecule has 1 aliphatic heterocycles. The van der Waals surface area contributed by atoms with Gasteiger partial charge in [-0.25, -0.2) is 0 Å². The second-order valence-electron chi connectivity index (χ2n) is 4.30. The minimum atomic E-state index is -0.988. The predicted octanol–water partition coefficient (Wildman–Crippen LogP) is 0.853. The van der Waals surface area contributed by atoms with Crippen molar-refractivity contribution in [2.45, 2.75) is 39.2 Å². The van der Waals surface area contributed by atoms with E-state index in [9.17, 15) is 14.7 Å². The highest BCUT2D eigenvalue weighted by molar-refractivity contribution is 6.15. The number of imide groups is 1. The lowest BCUT2D eigenvalue weighted by Gasteiger charge is -2.27. The van der Waals surface area contributed by atoms with E-state index in [1.165, 1.54) is 6.08 Å². The maximum absolute atomic E-state index is 11.5. The fourth-order valence-electron chi connectivity index (χ4n) is 1.75. The van der Waals surface area contributed by atoms with Crippen LogP contribution in [0.3, 0.4) is 0 Å². The van der Waals surface area contributed by atoms with Gasteiger partial charge in [0.1, 0.15) is 0 Å². The largest absolute Gasteiger partial charge is 0.388 e. The molecule has 1 unspecified atom stereocenters. The summed E-state index contributed by atoms with van der Waals surface area (Å²) in [5.74, 6) is -0.620. The van der Waals surface area contributed by atoms with E-state index in [2.05, 4.69) is 0 Å². The van der Waals surface area contributed by atoms with Crippen molar-refractivity contribution >= 4 is 11.8 Å². The predicted molar refractivity (Wildman–Crippen MR) is 56.0 cm³/mol. The van der Waals surface area contributed by atoms with Gasteiger partial charge in [-0.3, -0.25) is 14.5 Å². The topological polar surface area (TPSA) is 57.6 Å². The fraction of sp³-hybridized carbons (Fsp3) is 0.636. The number of β-amino-alcohol motifs (C(OH)–C–C–N with tert-alkyl or cyclic N) is 1. The molecule has 0 aliphatic carbocycles. The van der Waals surface area contributed by atoms with E-state index >= 15 is 0 Å². The average Bonchev–Trinajstić information content (AvgIpc) is 2.32. The van der Waals surface area contributed by atoms with Crippen LogP contribution in [0.15, 0.2) is 11.6 Å². The van der Waals surface area contributed by atoms with Crippen molar-refractivity contribution in [1.82, 2.24) is 4.90 Å². The van der Waals surface area contributed by atoms with Gasteiger partial charge in [-0.15, -0.1) is 0 Å². The van der Waals surface area contributed by atoms with Gasteiger partial charge in [-0.1, -0.05) is 13.3 Å². The van der Waals surface area contributed by atoms with Crippen molar-refractivity contribution in [1.29, 1.82) is 0 Å². The molecule has 0 aromatic carbocycles. The quantitative estimate of drug-likeness (QED) is 0.701. The Balaban J connectivity index is 2.68. The number of hydrogen-bond acceptors (Lipinski definition) is 3. The number of rotatable bonds is 4. The Morgan fingerprint density at radius 2 is 2.07 bits per heavy atom. The monoisotopic (exact) mass is 211 g/mol. The molecule has 0 saturated carbocycles. The van der Waals surface area contributed by atoms with E-state index in [0.717, 1.165) is 11.3 Å². The zero-order chi connectivity index (χ0) is 11.6. The fourth-order valence-corrected chi connectivity index (χ4v) is 1.75. The number of nitrogens with zero attached hydrogens (tertiary/aromatic N) is 1. The van der Waals surface area contributed by atoms with Gasteiger partial charge in [-0.05, 0) is 20.3 Å². The van der Waals surface area contributed by atoms with Gasteiger partial charge >= 0.3 is 0 Å². The molecule has 1 atom stereocenters. The third kappa shape index (κ3) is 2.65. The standard InChI is InChI=1S/C11H17NO3/c1-4-5-11(3,15)7-12-9(13)6-8(2)10(12)14/h6,15H,4-5,7H2,1-3H3. The summed E-state index contributed by atoms with van der Waals surface area (Å²) < 4.78 is 0. The van der Waals surface area contributed by atoms with Gasteiger partial charge in [0.2, 0.25) is 0 Å². The molecule has 0 saturated heterocycles. The second-order valence-corrected chi connectivity index (χ2v) is 4.30. The van der Waals surface area contributed by atoms with Crippen LogP contribution in [0.2, 0.25) is 0 Å². The van der Waals surface area contributed by atoms with Crippen molar-refractivity contribution in [3.05, 3.63) is 11.6 Å². The molecule has 0 fully saturated rings. The summed E-state index contributed by atoms with van der Waals surface area (Å²) in [6.45, 7) is 5.28. The van der Waals surface area contributed by atoms with Crippen LogP contribution >= 0.6 is 0 Å². The van der Waals surface area contributed by atoms with E-state index in [-0.39, 0.29) is 18.4 Å². The Bertz CT molecular complexity index is 318. The van der Waals surface area contributed by atoms with Gasteiger partial charge in [0.25, 0.3) is 11.8 Å². The summed E-state index contributed by atoms with van der Waals surface area (Å²) in [6, 6.07) is 0. The molecule has 15 heavy (non-hydrogen) atoms. The molecule has 84 valence electrons. The number of hydrogen-bond donors (Lipinski definition) is 1. The summed E-state index contributed by atoms with van der Waals surface area (Å²) in [4.78, 5) is 24.0. The van der Waals surface area contributed by atoms with Crippen molar-refractivity contribution in [2.75, 3.05) is 6.54 Å². The summed E-state index contributed by atoms with van der Waals surface area (Å²) in [5.41, 5.74) is -0.550. The first-order valence-electron chi connectivity index (χ1n) is 5.14. The molecule has 1 aliphatic rings. The van der Waals surface area contributed by atoms with Crippen LogP contribution in [0.1, 0.15) is 33.6 Å². The number of carbonyl (C=O) groups is 2. The number of amides is 2.